The molecule has 1 fully saturated rings. The molecule has 3 rings (SSSR count). The molecule has 0 radical (unpaired) electrons. The summed E-state index contributed by atoms with van der Waals surface area (Å²) in [6.45, 7) is 1.31. The fourth-order valence-electron chi connectivity index (χ4n) is 2.82. The van der Waals surface area contributed by atoms with Crippen LogP contribution in [-0.2, 0) is 11.2 Å². The summed E-state index contributed by atoms with van der Waals surface area (Å²) in [4.78, 5) is 18.2. The number of H-pyrrole nitrogens is 1. The van der Waals surface area contributed by atoms with E-state index in [2.05, 4.69) is 27.3 Å². The number of benzene rings is 1. The maximum atomic E-state index is 12.3. The normalized spacial score (nSPS) is 19.8. The molecule has 2 atom stereocenters. The molecule has 0 aliphatic carbocycles. The van der Waals surface area contributed by atoms with Gasteiger partial charge in [-0.1, -0.05) is 30.3 Å². The lowest BCUT2D eigenvalue weighted by Crippen LogP contribution is -2.32. The summed E-state index contributed by atoms with van der Waals surface area (Å²) in [5, 5.41) is 6.55. The molecule has 2 aromatic rings. The number of aromatic nitrogens is 3. The number of nitrogens with one attached hydrogen (secondary N) is 1. The van der Waals surface area contributed by atoms with Crippen LogP contribution in [0.25, 0.3) is 0 Å². The zero-order valence-corrected chi connectivity index (χ0v) is 14.2. The molecule has 3 N–H and O–H groups in total. The van der Waals surface area contributed by atoms with Crippen LogP contribution in [0.15, 0.2) is 36.7 Å². The van der Waals surface area contributed by atoms with Crippen LogP contribution >= 0.6 is 24.8 Å². The van der Waals surface area contributed by atoms with E-state index in [4.69, 9.17) is 5.73 Å². The third-order valence-corrected chi connectivity index (χ3v) is 3.99. The molecular weight excluding hydrogens is 337 g/mol. The van der Waals surface area contributed by atoms with Gasteiger partial charge in [-0.2, -0.15) is 5.10 Å². The van der Waals surface area contributed by atoms with Crippen molar-refractivity contribution in [3.8, 4) is 0 Å². The summed E-state index contributed by atoms with van der Waals surface area (Å²) >= 11 is 0. The van der Waals surface area contributed by atoms with Gasteiger partial charge in [-0.25, -0.2) is 4.98 Å². The number of nitrogens with zero attached hydrogens (tertiary/aromatic N) is 3. The summed E-state index contributed by atoms with van der Waals surface area (Å²) in [5.41, 5.74) is 7.41. The second-order valence-electron chi connectivity index (χ2n) is 5.41. The van der Waals surface area contributed by atoms with Crippen molar-refractivity contribution in [2.45, 2.75) is 24.8 Å². The van der Waals surface area contributed by atoms with E-state index < -0.39 is 0 Å². The molecule has 23 heavy (non-hydrogen) atoms. The molecule has 1 amide bonds. The van der Waals surface area contributed by atoms with Crippen molar-refractivity contribution < 1.29 is 4.79 Å². The Balaban J connectivity index is 0.00000132. The largest absolute Gasteiger partial charge is 0.340 e. The predicted molar refractivity (Wildman–Crippen MR) is 92.9 cm³/mol. The van der Waals surface area contributed by atoms with Crippen LogP contribution in [0.2, 0.25) is 0 Å². The summed E-state index contributed by atoms with van der Waals surface area (Å²) < 4.78 is 0. The molecule has 2 heterocycles. The lowest BCUT2D eigenvalue weighted by Gasteiger charge is -2.16. The molecule has 1 saturated heterocycles. The molecule has 1 aromatic carbocycles. The predicted octanol–water partition coefficient (Wildman–Crippen LogP) is 1.53. The van der Waals surface area contributed by atoms with Gasteiger partial charge in [0.25, 0.3) is 0 Å². The second-order valence-corrected chi connectivity index (χ2v) is 5.41. The number of aromatic amines is 1. The van der Waals surface area contributed by atoms with Crippen LogP contribution in [-0.4, -0.2) is 45.1 Å². The number of amides is 1. The van der Waals surface area contributed by atoms with Crippen LogP contribution in [0.4, 0.5) is 0 Å². The number of carbonyl (C=O) groups excluding carboxylic acids is 1. The number of hydrogen-bond donors (Lipinski definition) is 2. The van der Waals surface area contributed by atoms with Crippen LogP contribution in [0.3, 0.4) is 0 Å². The first-order valence-corrected chi connectivity index (χ1v) is 7.16. The van der Waals surface area contributed by atoms with E-state index in [0.717, 1.165) is 5.82 Å². The zero-order chi connectivity index (χ0) is 14.7. The molecule has 1 aliphatic heterocycles. The maximum absolute atomic E-state index is 12.3. The zero-order valence-electron chi connectivity index (χ0n) is 12.6. The molecular formula is C15H21Cl2N5O. The Morgan fingerprint density at radius 1 is 1.26 bits per heavy atom. The molecule has 1 aromatic heterocycles. The number of likely N-dealkylation sites (tertiary alicyclic amines) is 1. The van der Waals surface area contributed by atoms with Crippen LogP contribution < -0.4 is 5.73 Å². The average Bonchev–Trinajstić information content (AvgIpc) is 3.15. The highest BCUT2D eigenvalue weighted by molar-refractivity contribution is 5.85. The third kappa shape index (κ3) is 4.67. The Labute approximate surface area is 147 Å². The van der Waals surface area contributed by atoms with E-state index in [9.17, 15) is 4.79 Å². The van der Waals surface area contributed by atoms with Crippen molar-refractivity contribution in [3.63, 3.8) is 0 Å². The third-order valence-electron chi connectivity index (χ3n) is 3.99. The molecule has 8 heteroatoms. The molecule has 0 saturated carbocycles. The molecule has 6 nitrogen and oxygen atoms in total. The number of halogens is 2. The Bertz CT molecular complexity index is 593. The van der Waals surface area contributed by atoms with Gasteiger partial charge in [0.2, 0.25) is 5.91 Å². The van der Waals surface area contributed by atoms with Crippen molar-refractivity contribution in [1.82, 2.24) is 20.1 Å². The van der Waals surface area contributed by atoms with Gasteiger partial charge in [0.05, 0.1) is 0 Å². The highest BCUT2D eigenvalue weighted by atomic mass is 35.5. The first kappa shape index (κ1) is 19.4. The van der Waals surface area contributed by atoms with Gasteiger partial charge in [-0.15, -0.1) is 24.8 Å². The first-order chi connectivity index (χ1) is 10.2. The van der Waals surface area contributed by atoms with E-state index in [1.165, 1.54) is 11.9 Å². The Morgan fingerprint density at radius 2 is 2.00 bits per heavy atom. The molecule has 126 valence electrons. The van der Waals surface area contributed by atoms with E-state index in [1.54, 1.807) is 0 Å². The number of hydrogen-bond acceptors (Lipinski definition) is 4. The quantitative estimate of drug-likeness (QED) is 0.868. The molecule has 0 bridgehead atoms. The van der Waals surface area contributed by atoms with Crippen molar-refractivity contribution in [1.29, 1.82) is 0 Å². The number of aryl methyl sites for hydroxylation is 1. The standard InChI is InChI=1S/C15H19N5O.2ClH/c16-13-9-20(8-12(13)11-4-2-1-3-5-11)15(21)7-6-14-17-10-18-19-14;;/h1-5,10,12-13H,6-9,16H2,(H,17,18,19);2*1H/t12-,13+;;/m0../s1. The monoisotopic (exact) mass is 357 g/mol. The highest BCUT2D eigenvalue weighted by Crippen LogP contribution is 2.26. The van der Waals surface area contributed by atoms with Gasteiger partial charge in [0.15, 0.2) is 0 Å². The molecule has 1 aliphatic rings. The van der Waals surface area contributed by atoms with Crippen molar-refractivity contribution >= 4 is 30.7 Å². The van der Waals surface area contributed by atoms with Crippen molar-refractivity contribution in [2.24, 2.45) is 5.73 Å². The highest BCUT2D eigenvalue weighted by Gasteiger charge is 2.33. The molecule has 0 spiro atoms. The van der Waals surface area contributed by atoms with Crippen molar-refractivity contribution in [2.75, 3.05) is 13.1 Å². The van der Waals surface area contributed by atoms with Crippen molar-refractivity contribution in [3.05, 3.63) is 48.0 Å². The van der Waals surface area contributed by atoms with E-state index >= 15 is 0 Å². The Morgan fingerprint density at radius 3 is 2.65 bits per heavy atom. The Kier molecular flexibility index (Phi) is 7.48. The SMILES string of the molecule is Cl.Cl.N[C@@H]1CN(C(=O)CCc2ncn[nH]2)C[C@H]1c1ccccc1. The second kappa shape index (κ2) is 8.86. The summed E-state index contributed by atoms with van der Waals surface area (Å²) in [6.07, 6.45) is 2.47. The minimum Gasteiger partial charge on any atom is -0.340 e. The van der Waals surface area contributed by atoms with E-state index in [0.29, 0.717) is 25.9 Å². The fraction of sp³-hybridized carbons (Fsp3) is 0.400. The number of carbonyl (C=O) groups is 1. The Hall–Kier alpha value is -1.63. The van der Waals surface area contributed by atoms with E-state index in [-0.39, 0.29) is 42.7 Å². The smallest absolute Gasteiger partial charge is 0.223 e. The molecule has 0 unspecified atom stereocenters. The lowest BCUT2D eigenvalue weighted by atomic mass is 9.95. The number of nitrogens with two attached hydrogens (primary N) is 1. The maximum Gasteiger partial charge on any atom is 0.223 e. The van der Waals surface area contributed by atoms with Gasteiger partial charge in [-0.3, -0.25) is 9.89 Å². The minimum absolute atomic E-state index is 0. The average molecular weight is 358 g/mol. The van der Waals surface area contributed by atoms with Gasteiger partial charge in [0.1, 0.15) is 12.2 Å². The summed E-state index contributed by atoms with van der Waals surface area (Å²) in [5.74, 6) is 1.09. The topological polar surface area (TPSA) is 87.9 Å². The first-order valence-electron chi connectivity index (χ1n) is 7.16. The summed E-state index contributed by atoms with van der Waals surface area (Å²) in [6, 6.07) is 10.2. The van der Waals surface area contributed by atoms with E-state index in [1.807, 2.05) is 23.1 Å². The van der Waals surface area contributed by atoms with Gasteiger partial charge in [-0.05, 0) is 5.56 Å². The van der Waals surface area contributed by atoms with Gasteiger partial charge in [0, 0.05) is 37.9 Å². The summed E-state index contributed by atoms with van der Waals surface area (Å²) in [7, 11) is 0. The van der Waals surface area contributed by atoms with Crippen LogP contribution in [0.1, 0.15) is 23.7 Å². The minimum atomic E-state index is 0. The lowest BCUT2D eigenvalue weighted by molar-refractivity contribution is -0.130. The number of rotatable bonds is 4. The van der Waals surface area contributed by atoms with Crippen LogP contribution in [0, 0.1) is 0 Å². The van der Waals surface area contributed by atoms with Gasteiger partial charge < -0.3 is 10.6 Å². The van der Waals surface area contributed by atoms with Crippen LogP contribution in [0.5, 0.6) is 0 Å². The fourth-order valence-corrected chi connectivity index (χ4v) is 2.82. The van der Waals surface area contributed by atoms with Gasteiger partial charge >= 0.3 is 0 Å².